The summed E-state index contributed by atoms with van der Waals surface area (Å²) in [5.74, 6) is 0.672. The number of aromatic nitrogens is 4. The lowest BCUT2D eigenvalue weighted by molar-refractivity contribution is -0.115. The number of carbonyl (C=O) groups is 1. The molecule has 4 aromatic rings. The van der Waals surface area contributed by atoms with Gasteiger partial charge in [-0.05, 0) is 36.8 Å². The summed E-state index contributed by atoms with van der Waals surface area (Å²) in [5, 5.41) is 12.1. The van der Waals surface area contributed by atoms with E-state index in [4.69, 9.17) is 0 Å². The van der Waals surface area contributed by atoms with Gasteiger partial charge < -0.3 is 5.32 Å². The SMILES string of the molecule is C[C@@H](Sc1nnc(-c2ccncc2)n1Cc1ccccc1)C(=O)Nc1ccccc1. The minimum Gasteiger partial charge on any atom is -0.325 e. The highest BCUT2D eigenvalue weighted by Gasteiger charge is 2.21. The smallest absolute Gasteiger partial charge is 0.237 e. The minimum atomic E-state index is -0.339. The molecule has 6 nitrogen and oxygen atoms in total. The quantitative estimate of drug-likeness (QED) is 0.450. The van der Waals surface area contributed by atoms with Crippen molar-refractivity contribution >= 4 is 23.4 Å². The second-order valence-electron chi connectivity index (χ2n) is 6.73. The number of nitrogens with one attached hydrogen (secondary N) is 1. The van der Waals surface area contributed by atoms with E-state index in [1.807, 2.05) is 72.2 Å². The number of pyridine rings is 1. The molecule has 2 aromatic carbocycles. The fourth-order valence-electron chi connectivity index (χ4n) is 2.98. The van der Waals surface area contributed by atoms with Gasteiger partial charge in [-0.1, -0.05) is 60.3 Å². The van der Waals surface area contributed by atoms with Gasteiger partial charge in [-0.25, -0.2) is 0 Å². The monoisotopic (exact) mass is 415 g/mol. The van der Waals surface area contributed by atoms with Crippen LogP contribution in [-0.2, 0) is 11.3 Å². The number of amides is 1. The predicted molar refractivity (Wildman–Crippen MR) is 119 cm³/mol. The van der Waals surface area contributed by atoms with Crippen LogP contribution in [0, 0.1) is 0 Å². The average Bonchev–Trinajstić information content (AvgIpc) is 3.17. The Kier molecular flexibility index (Phi) is 6.20. The van der Waals surface area contributed by atoms with E-state index in [1.54, 1.807) is 12.4 Å². The first-order valence-electron chi connectivity index (χ1n) is 9.61. The van der Waals surface area contributed by atoms with Crippen LogP contribution in [0.15, 0.2) is 90.3 Å². The summed E-state index contributed by atoms with van der Waals surface area (Å²) in [7, 11) is 0. The molecule has 0 unspecified atom stereocenters. The van der Waals surface area contributed by atoms with E-state index >= 15 is 0 Å². The standard InChI is InChI=1S/C23H21N5OS/c1-17(22(29)25-20-10-6-3-7-11-20)30-23-27-26-21(19-12-14-24-15-13-19)28(23)16-18-8-4-2-5-9-18/h2-15,17H,16H2,1H3,(H,25,29)/t17-/m1/s1. The van der Waals surface area contributed by atoms with Crippen molar-refractivity contribution in [2.45, 2.75) is 23.9 Å². The summed E-state index contributed by atoms with van der Waals surface area (Å²) in [5.41, 5.74) is 2.84. The van der Waals surface area contributed by atoms with E-state index in [1.165, 1.54) is 11.8 Å². The van der Waals surface area contributed by atoms with Gasteiger partial charge in [0.05, 0.1) is 11.8 Å². The summed E-state index contributed by atoms with van der Waals surface area (Å²) in [4.78, 5) is 16.8. The Morgan fingerprint density at radius 3 is 2.33 bits per heavy atom. The first-order valence-corrected chi connectivity index (χ1v) is 10.5. The summed E-state index contributed by atoms with van der Waals surface area (Å²) < 4.78 is 2.04. The summed E-state index contributed by atoms with van der Waals surface area (Å²) in [6, 6.07) is 23.4. The molecule has 0 radical (unpaired) electrons. The van der Waals surface area contributed by atoms with E-state index in [0.29, 0.717) is 11.7 Å². The van der Waals surface area contributed by atoms with Crippen molar-refractivity contribution in [3.8, 4) is 11.4 Å². The Bertz CT molecular complexity index is 1100. The van der Waals surface area contributed by atoms with Crippen molar-refractivity contribution in [2.24, 2.45) is 0 Å². The predicted octanol–water partition coefficient (Wildman–Crippen LogP) is 4.51. The number of thioether (sulfide) groups is 1. The van der Waals surface area contributed by atoms with Gasteiger partial charge in [0.25, 0.3) is 0 Å². The van der Waals surface area contributed by atoms with Gasteiger partial charge in [0.1, 0.15) is 0 Å². The van der Waals surface area contributed by atoms with Crippen molar-refractivity contribution in [1.29, 1.82) is 0 Å². The number of nitrogens with zero attached hydrogens (tertiary/aromatic N) is 4. The van der Waals surface area contributed by atoms with E-state index in [2.05, 4.69) is 32.6 Å². The van der Waals surface area contributed by atoms with Crippen LogP contribution in [0.5, 0.6) is 0 Å². The van der Waals surface area contributed by atoms with Crippen LogP contribution in [0.4, 0.5) is 5.69 Å². The molecular weight excluding hydrogens is 394 g/mol. The van der Waals surface area contributed by atoms with Crippen LogP contribution >= 0.6 is 11.8 Å². The zero-order chi connectivity index (χ0) is 20.8. The van der Waals surface area contributed by atoms with Gasteiger partial charge in [0, 0.05) is 23.6 Å². The number of para-hydroxylation sites is 1. The molecule has 0 saturated heterocycles. The third-order valence-electron chi connectivity index (χ3n) is 4.53. The number of hydrogen-bond acceptors (Lipinski definition) is 5. The highest BCUT2D eigenvalue weighted by molar-refractivity contribution is 8.00. The fourth-order valence-corrected chi connectivity index (χ4v) is 3.82. The molecule has 0 aliphatic carbocycles. The van der Waals surface area contributed by atoms with Gasteiger partial charge in [0.2, 0.25) is 5.91 Å². The number of anilines is 1. The third kappa shape index (κ3) is 4.75. The number of benzene rings is 2. The Balaban J connectivity index is 1.59. The van der Waals surface area contributed by atoms with Crippen molar-refractivity contribution in [3.63, 3.8) is 0 Å². The number of carbonyl (C=O) groups excluding carboxylic acids is 1. The lowest BCUT2D eigenvalue weighted by atomic mass is 10.2. The van der Waals surface area contributed by atoms with Crippen molar-refractivity contribution < 1.29 is 4.79 Å². The minimum absolute atomic E-state index is 0.0778. The van der Waals surface area contributed by atoms with Crippen LogP contribution in [0.2, 0.25) is 0 Å². The molecule has 1 amide bonds. The first-order chi connectivity index (χ1) is 14.7. The highest BCUT2D eigenvalue weighted by atomic mass is 32.2. The Morgan fingerprint density at radius 1 is 0.967 bits per heavy atom. The summed E-state index contributed by atoms with van der Waals surface area (Å²) in [6.45, 7) is 2.48. The van der Waals surface area contributed by atoms with Crippen LogP contribution in [-0.4, -0.2) is 30.9 Å². The zero-order valence-electron chi connectivity index (χ0n) is 16.5. The molecule has 0 saturated carbocycles. The van der Waals surface area contributed by atoms with Crippen molar-refractivity contribution in [2.75, 3.05) is 5.32 Å². The maximum absolute atomic E-state index is 12.7. The van der Waals surface area contributed by atoms with Gasteiger partial charge in [-0.2, -0.15) is 0 Å². The average molecular weight is 416 g/mol. The molecular formula is C23H21N5OS. The topological polar surface area (TPSA) is 72.7 Å². The van der Waals surface area contributed by atoms with E-state index in [-0.39, 0.29) is 11.2 Å². The summed E-state index contributed by atoms with van der Waals surface area (Å²) >= 11 is 1.39. The normalized spacial score (nSPS) is 11.8. The lowest BCUT2D eigenvalue weighted by Crippen LogP contribution is -2.23. The highest BCUT2D eigenvalue weighted by Crippen LogP contribution is 2.28. The molecule has 0 aliphatic rings. The van der Waals surface area contributed by atoms with Gasteiger partial charge >= 0.3 is 0 Å². The molecule has 0 bridgehead atoms. The van der Waals surface area contributed by atoms with Gasteiger partial charge in [-0.15, -0.1) is 10.2 Å². The molecule has 0 aliphatic heterocycles. The second-order valence-corrected chi connectivity index (χ2v) is 8.04. The maximum atomic E-state index is 12.7. The van der Waals surface area contributed by atoms with E-state index in [9.17, 15) is 4.79 Å². The maximum Gasteiger partial charge on any atom is 0.237 e. The van der Waals surface area contributed by atoms with E-state index < -0.39 is 0 Å². The Hall–Kier alpha value is -3.45. The van der Waals surface area contributed by atoms with Gasteiger partial charge in [-0.3, -0.25) is 14.3 Å². The van der Waals surface area contributed by atoms with Crippen LogP contribution in [0.25, 0.3) is 11.4 Å². The Labute approximate surface area is 179 Å². The van der Waals surface area contributed by atoms with Crippen LogP contribution < -0.4 is 5.32 Å². The van der Waals surface area contributed by atoms with Crippen LogP contribution in [0.3, 0.4) is 0 Å². The zero-order valence-corrected chi connectivity index (χ0v) is 17.3. The first kappa shape index (κ1) is 19.8. The Morgan fingerprint density at radius 2 is 1.63 bits per heavy atom. The molecule has 0 spiro atoms. The molecule has 7 heteroatoms. The molecule has 2 aromatic heterocycles. The van der Waals surface area contributed by atoms with Crippen molar-refractivity contribution in [3.05, 3.63) is 90.8 Å². The van der Waals surface area contributed by atoms with Gasteiger partial charge in [0.15, 0.2) is 11.0 Å². The fraction of sp³-hybridized carbons (Fsp3) is 0.130. The summed E-state index contributed by atoms with van der Waals surface area (Å²) in [6.07, 6.45) is 3.47. The number of hydrogen-bond donors (Lipinski definition) is 1. The van der Waals surface area contributed by atoms with E-state index in [0.717, 1.165) is 22.6 Å². The third-order valence-corrected chi connectivity index (χ3v) is 5.61. The number of rotatable bonds is 7. The molecule has 2 heterocycles. The molecule has 0 fully saturated rings. The van der Waals surface area contributed by atoms with Crippen molar-refractivity contribution in [1.82, 2.24) is 19.7 Å². The molecule has 150 valence electrons. The molecule has 30 heavy (non-hydrogen) atoms. The lowest BCUT2D eigenvalue weighted by Gasteiger charge is -2.14. The molecule has 1 atom stereocenters. The van der Waals surface area contributed by atoms with Crippen LogP contribution in [0.1, 0.15) is 12.5 Å². The largest absolute Gasteiger partial charge is 0.325 e. The second kappa shape index (κ2) is 9.37. The molecule has 1 N–H and O–H groups in total. The molecule has 4 rings (SSSR count).